The summed E-state index contributed by atoms with van der Waals surface area (Å²) < 4.78 is 1.10. The monoisotopic (exact) mass is 342 g/mol. The van der Waals surface area contributed by atoms with Gasteiger partial charge in [0.1, 0.15) is 4.34 Å². The summed E-state index contributed by atoms with van der Waals surface area (Å²) in [5.41, 5.74) is 0. The second-order valence-electron chi connectivity index (χ2n) is 5.94. The fourth-order valence-corrected chi connectivity index (χ4v) is 4.55. The van der Waals surface area contributed by atoms with Crippen LogP contribution in [0.1, 0.15) is 19.8 Å². The van der Waals surface area contributed by atoms with Gasteiger partial charge in [-0.05, 0) is 32.4 Å². The fraction of sp³-hybridized carbons (Fsp3) is 0.733. The van der Waals surface area contributed by atoms with E-state index in [1.807, 2.05) is 23.5 Å². The summed E-state index contributed by atoms with van der Waals surface area (Å²) in [6.45, 7) is 5.08. The molecule has 1 fully saturated rings. The van der Waals surface area contributed by atoms with Gasteiger partial charge in [0.15, 0.2) is 0 Å². The average molecular weight is 343 g/mol. The highest BCUT2D eigenvalue weighted by Gasteiger charge is 2.29. The minimum Gasteiger partial charge on any atom is -0.338 e. The highest BCUT2D eigenvalue weighted by Crippen LogP contribution is 2.21. The van der Waals surface area contributed by atoms with Crippen LogP contribution in [0.15, 0.2) is 15.9 Å². The predicted molar refractivity (Wildman–Crippen MR) is 93.7 cm³/mol. The Morgan fingerprint density at radius 3 is 3.14 bits per heavy atom. The molecule has 0 bridgehead atoms. The van der Waals surface area contributed by atoms with Crippen molar-refractivity contribution in [2.45, 2.75) is 30.1 Å². The van der Waals surface area contributed by atoms with Crippen LogP contribution in [0, 0.1) is 5.92 Å². The number of nitrogens with one attached hydrogen (secondary N) is 1. The van der Waals surface area contributed by atoms with Crippen LogP contribution in [-0.4, -0.2) is 66.3 Å². The van der Waals surface area contributed by atoms with Gasteiger partial charge >= 0.3 is 6.03 Å². The molecule has 1 aliphatic heterocycles. The maximum atomic E-state index is 12.2. The minimum atomic E-state index is 0.0562. The van der Waals surface area contributed by atoms with Crippen LogP contribution in [0.4, 0.5) is 4.79 Å². The standard InChI is InChI=1S/C15H26N4OS2/c1-12-11-18(2)8-5-13(12)19(3)14(20)16-6-4-9-21-15-17-7-10-22-15/h7,10,12-13H,4-6,8-9,11H2,1-3H3,(H,16,20)/t12-,13+/m0/s1. The van der Waals surface area contributed by atoms with E-state index in [0.717, 1.165) is 42.6 Å². The Labute approximate surface area is 141 Å². The lowest BCUT2D eigenvalue weighted by molar-refractivity contribution is 0.107. The van der Waals surface area contributed by atoms with Crippen LogP contribution < -0.4 is 5.32 Å². The first kappa shape index (κ1) is 17.6. The largest absolute Gasteiger partial charge is 0.338 e. The van der Waals surface area contributed by atoms with E-state index in [1.165, 1.54) is 0 Å². The zero-order valence-electron chi connectivity index (χ0n) is 13.6. The highest BCUT2D eigenvalue weighted by atomic mass is 32.2. The predicted octanol–water partition coefficient (Wildman–Crippen LogP) is 2.61. The molecule has 7 heteroatoms. The molecule has 0 aromatic carbocycles. The molecule has 22 heavy (non-hydrogen) atoms. The molecular formula is C15H26N4OS2. The Hall–Kier alpha value is -0.790. The maximum absolute atomic E-state index is 12.2. The summed E-state index contributed by atoms with van der Waals surface area (Å²) >= 11 is 3.42. The maximum Gasteiger partial charge on any atom is 0.317 e. The summed E-state index contributed by atoms with van der Waals surface area (Å²) in [4.78, 5) is 20.7. The number of hydrogen-bond donors (Lipinski definition) is 1. The summed E-state index contributed by atoms with van der Waals surface area (Å²) in [6, 6.07) is 0.404. The molecule has 124 valence electrons. The fourth-order valence-electron chi connectivity index (χ4n) is 2.90. The van der Waals surface area contributed by atoms with E-state index in [4.69, 9.17) is 0 Å². The lowest BCUT2D eigenvalue weighted by atomic mass is 9.93. The molecule has 0 unspecified atom stereocenters. The molecule has 0 radical (unpaired) electrons. The zero-order valence-corrected chi connectivity index (χ0v) is 15.3. The number of thiazole rings is 1. The van der Waals surface area contributed by atoms with Crippen molar-refractivity contribution in [3.63, 3.8) is 0 Å². The van der Waals surface area contributed by atoms with Crippen LogP contribution in [0.2, 0.25) is 0 Å². The molecule has 1 N–H and O–H groups in total. The van der Waals surface area contributed by atoms with Gasteiger partial charge in [0.25, 0.3) is 0 Å². The number of hydrogen-bond acceptors (Lipinski definition) is 5. The molecule has 2 amide bonds. The second-order valence-corrected chi connectivity index (χ2v) is 8.18. The molecule has 1 saturated heterocycles. The number of carbonyl (C=O) groups is 1. The number of amides is 2. The summed E-state index contributed by atoms with van der Waals surface area (Å²) in [5, 5.41) is 5.02. The number of rotatable bonds is 6. The molecule has 1 aromatic rings. The van der Waals surface area contributed by atoms with Gasteiger partial charge in [0.2, 0.25) is 0 Å². The third-order valence-electron chi connectivity index (χ3n) is 4.11. The molecule has 2 rings (SSSR count). The van der Waals surface area contributed by atoms with Gasteiger partial charge < -0.3 is 15.1 Å². The smallest absolute Gasteiger partial charge is 0.317 e. The summed E-state index contributed by atoms with van der Waals surface area (Å²) in [7, 11) is 4.07. The van der Waals surface area contributed by atoms with Crippen LogP contribution in [0.5, 0.6) is 0 Å². The van der Waals surface area contributed by atoms with E-state index in [1.54, 1.807) is 23.1 Å². The van der Waals surface area contributed by atoms with Gasteiger partial charge in [-0.1, -0.05) is 18.7 Å². The third-order valence-corrected chi connectivity index (χ3v) is 6.17. The van der Waals surface area contributed by atoms with Gasteiger partial charge in [-0.2, -0.15) is 0 Å². The lowest BCUT2D eigenvalue weighted by Crippen LogP contribution is -2.52. The third kappa shape index (κ3) is 5.14. The van der Waals surface area contributed by atoms with Crippen molar-refractivity contribution >= 4 is 29.1 Å². The van der Waals surface area contributed by atoms with Crippen LogP contribution in [0.25, 0.3) is 0 Å². The van der Waals surface area contributed by atoms with Gasteiger partial charge in [-0.25, -0.2) is 9.78 Å². The van der Waals surface area contributed by atoms with Crippen LogP contribution in [-0.2, 0) is 0 Å². The van der Waals surface area contributed by atoms with Crippen molar-refractivity contribution in [2.75, 3.05) is 39.5 Å². The van der Waals surface area contributed by atoms with E-state index in [0.29, 0.717) is 12.0 Å². The first-order chi connectivity index (χ1) is 10.6. The van der Waals surface area contributed by atoms with Crippen molar-refractivity contribution in [2.24, 2.45) is 5.92 Å². The molecule has 0 aliphatic carbocycles. The number of urea groups is 1. The Morgan fingerprint density at radius 1 is 1.64 bits per heavy atom. The van der Waals surface area contributed by atoms with E-state index in [2.05, 4.69) is 29.2 Å². The number of likely N-dealkylation sites (tertiary alicyclic amines) is 1. The number of thioether (sulfide) groups is 1. The van der Waals surface area contributed by atoms with Crippen molar-refractivity contribution in [1.82, 2.24) is 20.1 Å². The molecule has 1 aromatic heterocycles. The zero-order chi connectivity index (χ0) is 15.9. The topological polar surface area (TPSA) is 48.5 Å². The SMILES string of the molecule is C[C@H]1CN(C)CC[C@H]1N(C)C(=O)NCCCSc1nccs1. The molecule has 1 aliphatic rings. The summed E-state index contributed by atoms with van der Waals surface area (Å²) in [5.74, 6) is 1.51. The Morgan fingerprint density at radius 2 is 2.45 bits per heavy atom. The first-order valence-corrected chi connectivity index (χ1v) is 9.66. The quantitative estimate of drug-likeness (QED) is 0.638. The lowest BCUT2D eigenvalue weighted by Gasteiger charge is -2.39. The Kier molecular flexibility index (Phi) is 6.98. The second kappa shape index (κ2) is 8.74. The van der Waals surface area contributed by atoms with E-state index >= 15 is 0 Å². The molecule has 0 saturated carbocycles. The number of nitrogens with zero attached hydrogens (tertiary/aromatic N) is 3. The van der Waals surface area contributed by atoms with Crippen molar-refractivity contribution in [3.8, 4) is 0 Å². The molecule has 5 nitrogen and oxygen atoms in total. The minimum absolute atomic E-state index is 0.0562. The van der Waals surface area contributed by atoms with Crippen molar-refractivity contribution in [1.29, 1.82) is 0 Å². The Bertz CT molecular complexity index is 454. The average Bonchev–Trinajstić information content (AvgIpc) is 2.99. The van der Waals surface area contributed by atoms with Gasteiger partial charge in [0.05, 0.1) is 0 Å². The van der Waals surface area contributed by atoms with Crippen molar-refractivity contribution < 1.29 is 4.79 Å². The molecular weight excluding hydrogens is 316 g/mol. The Balaban J connectivity index is 1.63. The highest BCUT2D eigenvalue weighted by molar-refractivity contribution is 8.00. The normalized spacial score (nSPS) is 22.5. The molecule has 2 heterocycles. The van der Waals surface area contributed by atoms with E-state index in [-0.39, 0.29) is 6.03 Å². The van der Waals surface area contributed by atoms with Crippen molar-refractivity contribution in [3.05, 3.63) is 11.6 Å². The first-order valence-electron chi connectivity index (χ1n) is 7.79. The van der Waals surface area contributed by atoms with Gasteiger partial charge in [-0.15, -0.1) is 11.3 Å². The molecule has 0 spiro atoms. The van der Waals surface area contributed by atoms with Gasteiger partial charge in [0, 0.05) is 43.5 Å². The van der Waals surface area contributed by atoms with Crippen LogP contribution >= 0.6 is 23.1 Å². The van der Waals surface area contributed by atoms with E-state index in [9.17, 15) is 4.79 Å². The number of carbonyl (C=O) groups excluding carboxylic acids is 1. The molecule has 2 atom stereocenters. The summed E-state index contributed by atoms with van der Waals surface area (Å²) in [6.07, 6.45) is 3.85. The van der Waals surface area contributed by atoms with E-state index < -0.39 is 0 Å². The van der Waals surface area contributed by atoms with Crippen LogP contribution in [0.3, 0.4) is 0 Å². The number of piperidine rings is 1. The number of aromatic nitrogens is 1. The van der Waals surface area contributed by atoms with Gasteiger partial charge in [-0.3, -0.25) is 0 Å².